The Morgan fingerprint density at radius 2 is 1.75 bits per heavy atom. The lowest BCUT2D eigenvalue weighted by Gasteiger charge is -2.41. The molecule has 3 aliphatic heterocycles. The molecule has 0 bridgehead atoms. The average molecular weight is 408 g/mol. The van der Waals surface area contributed by atoms with Crippen molar-refractivity contribution in [2.75, 3.05) is 0 Å². The molecule has 5 heteroatoms. The lowest BCUT2D eigenvalue weighted by molar-refractivity contribution is -0.153. The monoisotopic (exact) mass is 406 g/mol. The van der Waals surface area contributed by atoms with Crippen molar-refractivity contribution in [1.29, 1.82) is 0 Å². The summed E-state index contributed by atoms with van der Waals surface area (Å²) in [5, 5.41) is 0. The molecule has 3 nitrogen and oxygen atoms in total. The molecule has 3 aliphatic rings. The first-order chi connectivity index (χ1) is 9.71. The van der Waals surface area contributed by atoms with E-state index in [1.54, 1.807) is 4.99 Å². The second kappa shape index (κ2) is 6.64. The molecule has 0 spiro atoms. The van der Waals surface area contributed by atoms with Crippen LogP contribution in [0.3, 0.4) is 0 Å². The normalized spacial score (nSPS) is 47.0. The number of alkyl halides is 1. The maximum Gasteiger partial charge on any atom is 0.0871 e. The van der Waals surface area contributed by atoms with Crippen LogP contribution in [0.5, 0.6) is 0 Å². The molecule has 3 heterocycles. The van der Waals surface area contributed by atoms with Crippen LogP contribution in [-0.2, 0) is 14.2 Å². The smallest absolute Gasteiger partial charge is 0.0871 e. The van der Waals surface area contributed by atoms with Crippen LogP contribution < -0.4 is 0 Å². The predicted molar refractivity (Wildman–Crippen MR) is 84.4 cm³/mol. The maximum absolute atomic E-state index is 6.26. The highest BCUT2D eigenvalue weighted by Crippen LogP contribution is 2.40. The molecule has 7 atom stereocenters. The topological polar surface area (TPSA) is 31.0 Å². The van der Waals surface area contributed by atoms with Crippen LogP contribution in [0.2, 0.25) is 0 Å². The van der Waals surface area contributed by atoms with Crippen LogP contribution in [-0.4, -0.2) is 41.5 Å². The summed E-state index contributed by atoms with van der Waals surface area (Å²) in [4.78, 5) is 2.11. The van der Waals surface area contributed by atoms with Crippen molar-refractivity contribution >= 4 is 31.9 Å². The van der Waals surface area contributed by atoms with Gasteiger partial charge in [-0.2, -0.15) is 0 Å². The summed E-state index contributed by atoms with van der Waals surface area (Å²) in [6.07, 6.45) is 7.25. The molecular formula is C15H20Br2O3. The van der Waals surface area contributed by atoms with Gasteiger partial charge in [-0.05, 0) is 18.9 Å². The van der Waals surface area contributed by atoms with Gasteiger partial charge in [0, 0.05) is 22.7 Å². The Balaban J connectivity index is 1.73. The molecule has 3 fully saturated rings. The van der Waals surface area contributed by atoms with Gasteiger partial charge >= 0.3 is 0 Å². The number of ether oxygens (including phenoxy) is 3. The van der Waals surface area contributed by atoms with Crippen molar-refractivity contribution in [3.63, 3.8) is 0 Å². The minimum absolute atomic E-state index is 0.0630. The van der Waals surface area contributed by atoms with E-state index < -0.39 is 0 Å². The molecule has 3 rings (SSSR count). The van der Waals surface area contributed by atoms with Gasteiger partial charge in [-0.15, -0.1) is 5.73 Å². The highest BCUT2D eigenvalue weighted by Gasteiger charge is 2.48. The van der Waals surface area contributed by atoms with E-state index in [0.717, 1.165) is 25.7 Å². The van der Waals surface area contributed by atoms with E-state index in [2.05, 4.69) is 44.5 Å². The molecule has 112 valence electrons. The van der Waals surface area contributed by atoms with Gasteiger partial charge in [0.05, 0.1) is 36.6 Å². The zero-order valence-electron chi connectivity index (χ0n) is 11.5. The third kappa shape index (κ3) is 3.40. The van der Waals surface area contributed by atoms with Crippen LogP contribution in [0.4, 0.5) is 0 Å². The zero-order valence-corrected chi connectivity index (χ0v) is 14.7. The predicted octanol–water partition coefficient (Wildman–Crippen LogP) is 3.70. The Kier molecular flexibility index (Phi) is 5.06. The molecule has 0 aromatic carbocycles. The van der Waals surface area contributed by atoms with Gasteiger partial charge in [0.1, 0.15) is 0 Å². The summed E-state index contributed by atoms with van der Waals surface area (Å²) < 4.78 is 18.2. The molecular weight excluding hydrogens is 388 g/mol. The Morgan fingerprint density at radius 3 is 2.50 bits per heavy atom. The van der Waals surface area contributed by atoms with Crippen molar-refractivity contribution < 1.29 is 14.2 Å². The van der Waals surface area contributed by atoms with Crippen molar-refractivity contribution in [1.82, 2.24) is 0 Å². The Hall–Kier alpha value is 0.360. The first-order valence-corrected chi connectivity index (χ1v) is 9.16. The second-order valence-corrected chi connectivity index (χ2v) is 7.35. The Bertz CT molecular complexity index is 408. The lowest BCUT2D eigenvalue weighted by Crippen LogP contribution is -2.48. The number of rotatable bonds is 2. The number of hydrogen-bond acceptors (Lipinski definition) is 3. The average Bonchev–Trinajstić information content (AvgIpc) is 3.13. The van der Waals surface area contributed by atoms with Crippen LogP contribution >= 0.6 is 31.9 Å². The first kappa shape index (κ1) is 15.3. The fraction of sp³-hybridized carbons (Fsp3) is 0.800. The maximum atomic E-state index is 6.26. The van der Waals surface area contributed by atoms with Gasteiger partial charge in [-0.1, -0.05) is 38.8 Å². The molecule has 0 unspecified atom stereocenters. The summed E-state index contributed by atoms with van der Waals surface area (Å²) in [5.74, 6) is 0. The standard InChI is InChI=1S/C15H20Br2O3/c1-2-11-10(17)7-13-15(19-11)8-14-12(20-14)6-9(18-13)4-3-5-16/h4-5,9-15H,2,6-8H2,1H3/t3?,9-,10+,11-,12-,13+,14+,15+/m0/s1. The summed E-state index contributed by atoms with van der Waals surface area (Å²) in [6, 6.07) is 0. The van der Waals surface area contributed by atoms with Crippen molar-refractivity contribution in [2.45, 2.75) is 74.1 Å². The van der Waals surface area contributed by atoms with Crippen molar-refractivity contribution in [3.8, 4) is 0 Å². The van der Waals surface area contributed by atoms with Gasteiger partial charge in [-0.3, -0.25) is 0 Å². The molecule has 0 radical (unpaired) electrons. The molecule has 3 saturated heterocycles. The van der Waals surface area contributed by atoms with Crippen LogP contribution in [0, 0.1) is 0 Å². The van der Waals surface area contributed by atoms with E-state index >= 15 is 0 Å². The highest BCUT2D eigenvalue weighted by atomic mass is 79.9. The molecule has 0 N–H and O–H groups in total. The first-order valence-electron chi connectivity index (χ1n) is 7.33. The lowest BCUT2D eigenvalue weighted by atomic mass is 9.93. The van der Waals surface area contributed by atoms with Crippen LogP contribution in [0.15, 0.2) is 16.8 Å². The van der Waals surface area contributed by atoms with Crippen molar-refractivity contribution in [2.24, 2.45) is 0 Å². The minimum Gasteiger partial charge on any atom is -0.371 e. The summed E-state index contributed by atoms with van der Waals surface area (Å²) in [7, 11) is 0. The van der Waals surface area contributed by atoms with Crippen LogP contribution in [0.25, 0.3) is 0 Å². The third-order valence-electron chi connectivity index (χ3n) is 4.34. The van der Waals surface area contributed by atoms with Crippen molar-refractivity contribution in [3.05, 3.63) is 16.8 Å². The molecule has 20 heavy (non-hydrogen) atoms. The van der Waals surface area contributed by atoms with E-state index in [1.165, 1.54) is 0 Å². The summed E-state index contributed by atoms with van der Waals surface area (Å²) in [5.41, 5.74) is 3.07. The van der Waals surface area contributed by atoms with E-state index in [-0.39, 0.29) is 24.4 Å². The van der Waals surface area contributed by atoms with Gasteiger partial charge in [-0.25, -0.2) is 0 Å². The highest BCUT2D eigenvalue weighted by molar-refractivity contribution is 9.11. The van der Waals surface area contributed by atoms with Gasteiger partial charge in [0.25, 0.3) is 0 Å². The third-order valence-corrected chi connectivity index (χ3v) is 5.57. The van der Waals surface area contributed by atoms with E-state index in [9.17, 15) is 0 Å². The molecule has 0 saturated carbocycles. The fourth-order valence-corrected chi connectivity index (χ4v) is 4.23. The summed E-state index contributed by atoms with van der Waals surface area (Å²) >= 11 is 6.99. The zero-order chi connectivity index (χ0) is 14.1. The quantitative estimate of drug-likeness (QED) is 0.397. The molecule has 0 aliphatic carbocycles. The molecule has 0 amide bonds. The van der Waals surface area contributed by atoms with Gasteiger partial charge in [0.2, 0.25) is 0 Å². The van der Waals surface area contributed by atoms with Gasteiger partial charge < -0.3 is 14.2 Å². The number of epoxide rings is 1. The Morgan fingerprint density at radius 1 is 1.05 bits per heavy atom. The number of halogens is 2. The summed E-state index contributed by atoms with van der Waals surface area (Å²) in [6.45, 7) is 2.17. The molecule has 0 aromatic rings. The van der Waals surface area contributed by atoms with E-state index in [1.807, 2.05) is 6.08 Å². The molecule has 0 aromatic heterocycles. The van der Waals surface area contributed by atoms with Gasteiger partial charge in [0.15, 0.2) is 0 Å². The Labute approximate surface area is 137 Å². The number of fused-ring (bicyclic) bond motifs is 2. The minimum atomic E-state index is 0.0630. The van der Waals surface area contributed by atoms with Crippen LogP contribution in [0.1, 0.15) is 32.6 Å². The SMILES string of the molecule is CC[C@@H]1O[C@@H]2C[C@H]3O[C@H]3C[C@H](C=C=CBr)O[C@@H]2C[C@H]1Br. The fourth-order valence-electron chi connectivity index (χ4n) is 3.21. The second-order valence-electron chi connectivity index (χ2n) is 5.71. The van der Waals surface area contributed by atoms with E-state index in [0.29, 0.717) is 17.0 Å². The number of hydrogen-bond donors (Lipinski definition) is 0. The largest absolute Gasteiger partial charge is 0.371 e. The van der Waals surface area contributed by atoms with E-state index in [4.69, 9.17) is 14.2 Å².